The van der Waals surface area contributed by atoms with Crippen molar-refractivity contribution in [3.05, 3.63) is 156 Å². The lowest BCUT2D eigenvalue weighted by molar-refractivity contribution is -0.138. The summed E-state index contributed by atoms with van der Waals surface area (Å²) in [5.74, 6) is -0.126. The van der Waals surface area contributed by atoms with Gasteiger partial charge in [0.2, 0.25) is 0 Å². The molecule has 0 atom stereocenters. The van der Waals surface area contributed by atoms with Gasteiger partial charge in [0.1, 0.15) is 12.2 Å². The quantitative estimate of drug-likeness (QED) is 0.0228. The van der Waals surface area contributed by atoms with Crippen molar-refractivity contribution < 1.29 is 38.1 Å². The number of hydrogen-bond acceptors (Lipinski definition) is 12. The zero-order chi connectivity index (χ0) is 48.0. The van der Waals surface area contributed by atoms with Crippen LogP contribution in [0.5, 0.6) is 0 Å². The number of benzene rings is 4. The number of allylic oxidation sites excluding steroid dienone is 2. The van der Waals surface area contributed by atoms with Crippen LogP contribution in [0.1, 0.15) is 114 Å². The third-order valence-electron chi connectivity index (χ3n) is 12.1. The van der Waals surface area contributed by atoms with Crippen LogP contribution in [0.15, 0.2) is 122 Å². The Hall–Kier alpha value is -7.08. The Balaban J connectivity index is 0.000000251. The van der Waals surface area contributed by atoms with Gasteiger partial charge in [0.05, 0.1) is 24.3 Å². The minimum Gasteiger partial charge on any atom is -0.462 e. The number of ether oxygens (including phenoxy) is 4. The Morgan fingerprint density at radius 3 is 1.34 bits per heavy atom. The van der Waals surface area contributed by atoms with Crippen molar-refractivity contribution in [1.82, 2.24) is 0 Å². The second-order valence-electron chi connectivity index (χ2n) is 17.1. The van der Waals surface area contributed by atoms with Gasteiger partial charge >= 0.3 is 23.9 Å². The van der Waals surface area contributed by atoms with Crippen LogP contribution in [0.2, 0.25) is 0 Å². The summed E-state index contributed by atoms with van der Waals surface area (Å²) in [6.07, 6.45) is 22.2. The molecule has 354 valence electrons. The van der Waals surface area contributed by atoms with Gasteiger partial charge in [-0.1, -0.05) is 48.6 Å². The molecule has 0 heterocycles. The van der Waals surface area contributed by atoms with E-state index in [-0.39, 0.29) is 37.4 Å². The maximum absolute atomic E-state index is 12.5. The summed E-state index contributed by atoms with van der Waals surface area (Å²) in [5.41, 5.74) is 29.9. The standard InChI is InChI=1S/C28H34N2O4.C27H32N2O4/c1-2-3-4-20-7-14-25(15-8-20)34-28(32)23-10-5-21(6-11-23)9-16-27(31)33-18-17-22-12-13-24(29)19-26(22)30;1-2-3-19-6-13-24(14-7-19)33-27(31)22-9-4-20(5-10-22)8-15-26(30)32-17-16-21-11-12-23(28)18-25(21)29/h2,5-6,9-13,16,19-20,25H,1,3-4,7-8,14-15,17-18,29-30H2;2,4-5,8-12,15,18-19,24H,1,3,6-7,13-14,16-17,28-29H2/b16-9+;15-8+. The fourth-order valence-corrected chi connectivity index (χ4v) is 8.14. The lowest BCUT2D eigenvalue weighted by Gasteiger charge is -2.28. The van der Waals surface area contributed by atoms with Crippen molar-refractivity contribution >= 4 is 58.8 Å². The summed E-state index contributed by atoms with van der Waals surface area (Å²) in [6.45, 7) is 8.02. The van der Waals surface area contributed by atoms with Crippen molar-refractivity contribution in [2.75, 3.05) is 36.1 Å². The maximum Gasteiger partial charge on any atom is 0.338 e. The molecule has 0 bridgehead atoms. The molecule has 0 aromatic heterocycles. The number of esters is 4. The molecule has 0 radical (unpaired) electrons. The number of carbonyl (C=O) groups excluding carboxylic acids is 4. The van der Waals surface area contributed by atoms with Crippen LogP contribution in [-0.2, 0) is 41.4 Å². The molecule has 2 saturated carbocycles. The van der Waals surface area contributed by atoms with E-state index in [0.717, 1.165) is 86.5 Å². The molecule has 0 unspecified atom stereocenters. The van der Waals surface area contributed by atoms with Crippen LogP contribution in [-0.4, -0.2) is 49.3 Å². The Kier molecular flexibility index (Phi) is 20.3. The highest BCUT2D eigenvalue weighted by Crippen LogP contribution is 2.31. The minimum absolute atomic E-state index is 0.00887. The molecule has 0 saturated heterocycles. The predicted octanol–water partition coefficient (Wildman–Crippen LogP) is 10.3. The summed E-state index contributed by atoms with van der Waals surface area (Å²) in [5, 5.41) is 0. The van der Waals surface area contributed by atoms with Crippen LogP contribution < -0.4 is 22.9 Å². The highest BCUT2D eigenvalue weighted by molar-refractivity contribution is 5.91. The highest BCUT2D eigenvalue weighted by Gasteiger charge is 2.25. The van der Waals surface area contributed by atoms with Gasteiger partial charge in [-0.3, -0.25) is 0 Å². The third-order valence-corrected chi connectivity index (χ3v) is 12.1. The maximum atomic E-state index is 12.5. The molecule has 6 rings (SSSR count). The lowest BCUT2D eigenvalue weighted by Crippen LogP contribution is -2.24. The van der Waals surface area contributed by atoms with Crippen molar-refractivity contribution in [3.8, 4) is 0 Å². The van der Waals surface area contributed by atoms with E-state index in [1.54, 1.807) is 84.9 Å². The molecule has 4 aromatic rings. The van der Waals surface area contributed by atoms with Crippen LogP contribution >= 0.6 is 0 Å². The topological polar surface area (TPSA) is 209 Å². The predicted molar refractivity (Wildman–Crippen MR) is 267 cm³/mol. The number of rotatable bonds is 19. The Morgan fingerprint density at radius 1 is 0.537 bits per heavy atom. The minimum atomic E-state index is -0.445. The number of anilines is 4. The summed E-state index contributed by atoms with van der Waals surface area (Å²) in [4.78, 5) is 48.9. The zero-order valence-electron chi connectivity index (χ0n) is 38.5. The van der Waals surface area contributed by atoms with Crippen LogP contribution in [0.3, 0.4) is 0 Å². The summed E-state index contributed by atoms with van der Waals surface area (Å²) in [7, 11) is 0. The first-order valence-electron chi connectivity index (χ1n) is 23.2. The van der Waals surface area contributed by atoms with Gasteiger partial charge in [-0.15, -0.1) is 13.2 Å². The molecular formula is C55H66N4O8. The van der Waals surface area contributed by atoms with E-state index in [9.17, 15) is 19.2 Å². The molecular weight excluding hydrogens is 845 g/mol. The molecule has 12 heteroatoms. The van der Waals surface area contributed by atoms with Crippen molar-refractivity contribution in [1.29, 1.82) is 0 Å². The molecule has 8 N–H and O–H groups in total. The van der Waals surface area contributed by atoms with E-state index in [4.69, 9.17) is 41.9 Å². The van der Waals surface area contributed by atoms with Crippen molar-refractivity contribution in [3.63, 3.8) is 0 Å². The molecule has 2 fully saturated rings. The summed E-state index contributed by atoms with van der Waals surface area (Å²) >= 11 is 0. The van der Waals surface area contributed by atoms with E-state index in [1.165, 1.54) is 18.6 Å². The number of nitrogen functional groups attached to an aromatic ring is 4. The van der Waals surface area contributed by atoms with Gasteiger partial charge in [-0.05, 0) is 165 Å². The molecule has 0 amide bonds. The van der Waals surface area contributed by atoms with E-state index >= 15 is 0 Å². The Morgan fingerprint density at radius 2 is 0.955 bits per heavy atom. The summed E-state index contributed by atoms with van der Waals surface area (Å²) in [6, 6.07) is 24.5. The van der Waals surface area contributed by atoms with E-state index in [2.05, 4.69) is 13.2 Å². The van der Waals surface area contributed by atoms with E-state index in [0.29, 0.717) is 58.6 Å². The average Bonchev–Trinajstić information content (AvgIpc) is 3.32. The molecule has 2 aliphatic carbocycles. The second kappa shape index (κ2) is 26.8. The molecule has 67 heavy (non-hydrogen) atoms. The molecule has 4 aromatic carbocycles. The monoisotopic (exact) mass is 910 g/mol. The van der Waals surface area contributed by atoms with Gasteiger partial charge in [0, 0.05) is 47.7 Å². The Labute approximate surface area is 395 Å². The lowest BCUT2D eigenvalue weighted by atomic mass is 9.84. The second-order valence-corrected chi connectivity index (χ2v) is 17.1. The normalized spacial score (nSPS) is 18.0. The highest BCUT2D eigenvalue weighted by atomic mass is 16.6. The fourth-order valence-electron chi connectivity index (χ4n) is 8.14. The summed E-state index contributed by atoms with van der Waals surface area (Å²) < 4.78 is 21.8. The van der Waals surface area contributed by atoms with E-state index < -0.39 is 11.9 Å². The first-order chi connectivity index (χ1) is 32.4. The number of nitrogens with two attached hydrogens (primary N) is 4. The molecule has 2 aliphatic rings. The smallest absolute Gasteiger partial charge is 0.338 e. The Bertz CT molecular complexity index is 2320. The first kappa shape index (κ1) is 50.9. The third kappa shape index (κ3) is 17.7. The van der Waals surface area contributed by atoms with E-state index in [1.807, 2.05) is 24.3 Å². The van der Waals surface area contributed by atoms with Crippen LogP contribution in [0.4, 0.5) is 22.7 Å². The van der Waals surface area contributed by atoms with Crippen molar-refractivity contribution in [2.24, 2.45) is 11.8 Å². The molecule has 0 spiro atoms. The first-order valence-corrected chi connectivity index (χ1v) is 23.2. The van der Waals surface area contributed by atoms with Gasteiger partial charge in [-0.2, -0.15) is 0 Å². The fraction of sp³-hybridized carbons (Fsp3) is 0.345. The zero-order valence-corrected chi connectivity index (χ0v) is 38.5. The molecule has 12 nitrogen and oxygen atoms in total. The van der Waals surface area contributed by atoms with Gasteiger partial charge < -0.3 is 41.9 Å². The van der Waals surface area contributed by atoms with Crippen LogP contribution in [0, 0.1) is 11.8 Å². The van der Waals surface area contributed by atoms with Gasteiger partial charge in [0.25, 0.3) is 0 Å². The molecule has 0 aliphatic heterocycles. The van der Waals surface area contributed by atoms with Crippen LogP contribution in [0.25, 0.3) is 12.2 Å². The van der Waals surface area contributed by atoms with Gasteiger partial charge in [0.15, 0.2) is 0 Å². The van der Waals surface area contributed by atoms with Crippen molar-refractivity contribution in [2.45, 2.75) is 95.7 Å². The number of carbonyl (C=O) groups is 4. The average molecular weight is 911 g/mol. The van der Waals surface area contributed by atoms with Gasteiger partial charge in [-0.25, -0.2) is 19.2 Å². The largest absolute Gasteiger partial charge is 0.462 e. The number of hydrogen-bond donors (Lipinski definition) is 4. The SMILES string of the molecule is C=CCC1CCC(OC(=O)c2ccc(/C=C/C(=O)OCCc3ccc(N)cc3N)cc2)CC1.C=CCCC1CCC(OC(=O)c2ccc(/C=C/C(=O)OCCc3ccc(N)cc3N)cc2)CC1.